The molecule has 0 amide bonds. The van der Waals surface area contributed by atoms with E-state index in [4.69, 9.17) is 9.11 Å². The SMILES string of the molecule is Cc1c(S(=O)(=O)O)ccc(O)c1S(=O)(=O)O.[KH]. The van der Waals surface area contributed by atoms with E-state index in [0.717, 1.165) is 19.1 Å². The monoisotopic (exact) mass is 308 g/mol. The molecule has 1 aromatic rings. The van der Waals surface area contributed by atoms with E-state index < -0.39 is 41.3 Å². The summed E-state index contributed by atoms with van der Waals surface area (Å²) in [6.45, 7) is 1.03. The van der Waals surface area contributed by atoms with Gasteiger partial charge in [0, 0.05) is 0 Å². The van der Waals surface area contributed by atoms with E-state index >= 15 is 0 Å². The van der Waals surface area contributed by atoms with Crippen LogP contribution in [0.2, 0.25) is 0 Å². The first-order valence-electron chi connectivity index (χ1n) is 3.82. The molecule has 17 heavy (non-hydrogen) atoms. The number of hydrogen-bond donors (Lipinski definition) is 3. The van der Waals surface area contributed by atoms with Gasteiger partial charge in [0.1, 0.15) is 10.6 Å². The first-order chi connectivity index (χ1) is 7.05. The van der Waals surface area contributed by atoms with Crippen LogP contribution in [0.25, 0.3) is 0 Å². The summed E-state index contributed by atoms with van der Waals surface area (Å²) in [4.78, 5) is -1.64. The van der Waals surface area contributed by atoms with Crippen LogP contribution in [-0.2, 0) is 20.2 Å². The Labute approximate surface area is 141 Å². The molecule has 92 valence electrons. The molecule has 0 saturated carbocycles. The molecule has 0 aliphatic carbocycles. The summed E-state index contributed by atoms with van der Waals surface area (Å²) in [5.74, 6) is -0.799. The second-order valence-electron chi connectivity index (χ2n) is 2.99. The Morgan fingerprint density at radius 2 is 1.47 bits per heavy atom. The summed E-state index contributed by atoms with van der Waals surface area (Å²) in [7, 11) is -9.39. The van der Waals surface area contributed by atoms with Gasteiger partial charge in [0.05, 0.1) is 4.90 Å². The number of aromatic hydroxyl groups is 1. The Bertz CT molecular complexity index is 632. The summed E-state index contributed by atoms with van der Waals surface area (Å²) in [6.07, 6.45) is 0. The zero-order valence-electron chi connectivity index (χ0n) is 7.95. The van der Waals surface area contributed by atoms with E-state index in [1.54, 1.807) is 0 Å². The minimum atomic E-state index is -4.77. The predicted molar refractivity (Wildman–Crippen MR) is 59.6 cm³/mol. The van der Waals surface area contributed by atoms with Gasteiger partial charge in [-0.2, -0.15) is 16.8 Å². The fourth-order valence-corrected chi connectivity index (χ4v) is 2.89. The third-order valence-corrected chi connectivity index (χ3v) is 3.90. The second-order valence-corrected chi connectivity index (χ2v) is 5.74. The summed E-state index contributed by atoms with van der Waals surface area (Å²) in [6, 6.07) is 1.58. The van der Waals surface area contributed by atoms with Crippen molar-refractivity contribution in [3.8, 4) is 5.75 Å². The molecule has 10 heteroatoms. The third-order valence-electron chi connectivity index (χ3n) is 1.87. The minimum absolute atomic E-state index is 0. The van der Waals surface area contributed by atoms with Crippen LogP contribution in [0.15, 0.2) is 21.9 Å². The van der Waals surface area contributed by atoms with Crippen LogP contribution in [0.5, 0.6) is 5.75 Å². The molecule has 3 N–H and O–H groups in total. The van der Waals surface area contributed by atoms with Crippen molar-refractivity contribution in [1.82, 2.24) is 0 Å². The first-order valence-corrected chi connectivity index (χ1v) is 6.70. The Morgan fingerprint density at radius 1 is 1.00 bits per heavy atom. The maximum absolute atomic E-state index is 10.9. The first kappa shape index (κ1) is 17.5. The Hall–Kier alpha value is 0.476. The molecular weight excluding hydrogens is 299 g/mol. The third kappa shape index (κ3) is 3.97. The Morgan fingerprint density at radius 3 is 1.82 bits per heavy atom. The van der Waals surface area contributed by atoms with Gasteiger partial charge in [0.25, 0.3) is 20.2 Å². The Balaban J connectivity index is 0.00000256. The van der Waals surface area contributed by atoms with E-state index in [0.29, 0.717) is 0 Å². The van der Waals surface area contributed by atoms with Gasteiger partial charge in [-0.25, -0.2) is 0 Å². The van der Waals surface area contributed by atoms with Crippen LogP contribution < -0.4 is 0 Å². The Kier molecular flexibility index (Phi) is 5.79. The molecule has 7 nitrogen and oxygen atoms in total. The van der Waals surface area contributed by atoms with Gasteiger partial charge in [-0.05, 0) is 24.6 Å². The second kappa shape index (κ2) is 5.63. The van der Waals surface area contributed by atoms with Crippen molar-refractivity contribution in [1.29, 1.82) is 0 Å². The molecule has 0 radical (unpaired) electrons. The maximum atomic E-state index is 10.9. The topological polar surface area (TPSA) is 129 Å². The van der Waals surface area contributed by atoms with Gasteiger partial charge < -0.3 is 5.11 Å². The van der Waals surface area contributed by atoms with Crippen LogP contribution in [0, 0.1) is 6.92 Å². The fraction of sp³-hybridized carbons (Fsp3) is 0.143. The summed E-state index contributed by atoms with van der Waals surface area (Å²) in [5, 5.41) is 9.20. The van der Waals surface area contributed by atoms with Crippen molar-refractivity contribution in [2.24, 2.45) is 0 Å². The van der Waals surface area contributed by atoms with Gasteiger partial charge in [-0.3, -0.25) is 9.11 Å². The molecule has 0 aliphatic rings. The van der Waals surface area contributed by atoms with Crippen molar-refractivity contribution in [3.05, 3.63) is 17.7 Å². The number of benzene rings is 1. The number of phenolic OH excluding ortho intramolecular Hbond substituents is 1. The molecule has 0 fully saturated rings. The summed E-state index contributed by atoms with van der Waals surface area (Å²) >= 11 is 0. The molecule has 0 spiro atoms. The van der Waals surface area contributed by atoms with Crippen LogP contribution in [-0.4, -0.2) is 82.4 Å². The standard InChI is InChI=1S/C7H8O7S2.K.H/c1-4-6(15(9,10)11)3-2-5(8)7(4)16(12,13)14;;/h2-3,8H,1H3,(H,9,10,11)(H,12,13,14);;. The molecule has 0 heterocycles. The zero-order chi connectivity index (χ0) is 12.7. The van der Waals surface area contributed by atoms with E-state index in [1.165, 1.54) is 0 Å². The average Bonchev–Trinajstić information content (AvgIpc) is 1.97. The van der Waals surface area contributed by atoms with Crippen LogP contribution in [0.4, 0.5) is 0 Å². The van der Waals surface area contributed by atoms with Crippen LogP contribution >= 0.6 is 0 Å². The zero-order valence-corrected chi connectivity index (χ0v) is 9.58. The average molecular weight is 308 g/mol. The molecule has 0 atom stereocenters. The molecule has 0 bridgehead atoms. The fourth-order valence-electron chi connectivity index (χ4n) is 1.26. The van der Waals surface area contributed by atoms with Crippen LogP contribution in [0.3, 0.4) is 0 Å². The van der Waals surface area contributed by atoms with Crippen molar-refractivity contribution in [3.63, 3.8) is 0 Å². The number of rotatable bonds is 2. The molecule has 0 aromatic heterocycles. The molecular formula is C7H9KO7S2. The van der Waals surface area contributed by atoms with Gasteiger partial charge in [-0.1, -0.05) is 0 Å². The van der Waals surface area contributed by atoms with Crippen molar-refractivity contribution in [2.75, 3.05) is 0 Å². The number of phenols is 1. The molecule has 1 rings (SSSR count). The molecule has 1 aromatic carbocycles. The van der Waals surface area contributed by atoms with Gasteiger partial charge in [0.2, 0.25) is 0 Å². The molecule has 0 saturated heterocycles. The summed E-state index contributed by atoms with van der Waals surface area (Å²) < 4.78 is 61.0. The van der Waals surface area contributed by atoms with Gasteiger partial charge >= 0.3 is 51.4 Å². The van der Waals surface area contributed by atoms with Gasteiger partial charge in [-0.15, -0.1) is 0 Å². The van der Waals surface area contributed by atoms with Crippen molar-refractivity contribution < 1.29 is 31.0 Å². The van der Waals surface area contributed by atoms with E-state index in [2.05, 4.69) is 0 Å². The predicted octanol–water partition coefficient (Wildman–Crippen LogP) is -0.454. The molecule has 0 unspecified atom stereocenters. The number of hydrogen-bond acceptors (Lipinski definition) is 5. The van der Waals surface area contributed by atoms with E-state index in [9.17, 15) is 21.9 Å². The summed E-state index contributed by atoms with van der Waals surface area (Å²) in [5.41, 5.74) is -0.454. The van der Waals surface area contributed by atoms with Crippen molar-refractivity contribution in [2.45, 2.75) is 16.7 Å². The quantitative estimate of drug-likeness (QED) is 0.498. The van der Waals surface area contributed by atoms with Crippen LogP contribution in [0.1, 0.15) is 5.56 Å². The van der Waals surface area contributed by atoms with E-state index in [1.807, 2.05) is 0 Å². The van der Waals surface area contributed by atoms with E-state index in [-0.39, 0.29) is 51.4 Å². The van der Waals surface area contributed by atoms with Crippen molar-refractivity contribution >= 4 is 71.6 Å². The molecule has 0 aliphatic heterocycles. The normalized spacial score (nSPS) is 11.9. The van der Waals surface area contributed by atoms with Gasteiger partial charge in [0.15, 0.2) is 0 Å².